The summed E-state index contributed by atoms with van der Waals surface area (Å²) in [5, 5.41) is 15.0. The number of nitro benzene ring substituents is 1. The average molecular weight is 392 g/mol. The molecule has 1 saturated heterocycles. The van der Waals surface area contributed by atoms with Crippen molar-refractivity contribution in [1.82, 2.24) is 9.88 Å². The molecule has 3 aromatic rings. The minimum atomic E-state index is -0.464. The van der Waals surface area contributed by atoms with Crippen molar-refractivity contribution in [3.8, 4) is 0 Å². The molecule has 1 aromatic heterocycles. The summed E-state index contributed by atoms with van der Waals surface area (Å²) in [6.07, 6.45) is 4.11. The van der Waals surface area contributed by atoms with Crippen molar-refractivity contribution < 1.29 is 9.72 Å². The summed E-state index contributed by atoms with van der Waals surface area (Å²) < 4.78 is 0. The smallest absolute Gasteiger partial charge is 0.271 e. The first-order valence-corrected chi connectivity index (χ1v) is 9.88. The SMILES string of the molecule is C[C@H](C(=O)Nc1cccc([N+](=O)[O-])c1)N1CCC(c2c[nH]c3ccccc23)CC1. The minimum Gasteiger partial charge on any atom is -0.361 e. The fourth-order valence-corrected chi connectivity index (χ4v) is 4.14. The van der Waals surface area contributed by atoms with Crippen LogP contribution in [0.1, 0.15) is 31.2 Å². The van der Waals surface area contributed by atoms with Gasteiger partial charge in [-0.15, -0.1) is 0 Å². The molecule has 1 fully saturated rings. The van der Waals surface area contributed by atoms with Crippen LogP contribution in [-0.4, -0.2) is 39.8 Å². The molecule has 0 aliphatic carbocycles. The Morgan fingerprint density at radius 1 is 1.21 bits per heavy atom. The monoisotopic (exact) mass is 392 g/mol. The van der Waals surface area contributed by atoms with Crippen molar-refractivity contribution in [2.45, 2.75) is 31.7 Å². The van der Waals surface area contributed by atoms with Crippen LogP contribution in [0.5, 0.6) is 0 Å². The predicted molar refractivity (Wildman–Crippen MR) is 113 cm³/mol. The Balaban J connectivity index is 1.37. The molecule has 0 saturated carbocycles. The van der Waals surface area contributed by atoms with Gasteiger partial charge in [0.2, 0.25) is 5.91 Å². The molecule has 7 nitrogen and oxygen atoms in total. The molecule has 1 aliphatic rings. The van der Waals surface area contributed by atoms with E-state index in [0.29, 0.717) is 11.6 Å². The number of carbonyl (C=O) groups is 1. The number of rotatable bonds is 5. The zero-order valence-electron chi connectivity index (χ0n) is 16.3. The third kappa shape index (κ3) is 4.00. The van der Waals surface area contributed by atoms with E-state index in [9.17, 15) is 14.9 Å². The standard InChI is InChI=1S/C22H24N4O3/c1-15(22(27)24-17-5-4-6-18(13-17)26(28)29)25-11-9-16(10-12-25)20-14-23-21-8-3-2-7-19(20)21/h2-8,13-16,23H,9-12H2,1H3,(H,24,27)/t15-/m1/s1. The third-order valence-corrected chi connectivity index (χ3v) is 5.84. The number of aromatic amines is 1. The number of nitrogens with zero attached hydrogens (tertiary/aromatic N) is 2. The maximum atomic E-state index is 12.7. The molecular weight excluding hydrogens is 368 g/mol. The van der Waals surface area contributed by atoms with E-state index in [1.54, 1.807) is 12.1 Å². The van der Waals surface area contributed by atoms with Crippen LogP contribution in [0.4, 0.5) is 11.4 Å². The fraction of sp³-hybridized carbons (Fsp3) is 0.318. The predicted octanol–water partition coefficient (Wildman–Crippen LogP) is 4.28. The topological polar surface area (TPSA) is 91.3 Å². The van der Waals surface area contributed by atoms with Gasteiger partial charge in [-0.3, -0.25) is 19.8 Å². The van der Waals surface area contributed by atoms with E-state index >= 15 is 0 Å². The molecule has 1 atom stereocenters. The van der Waals surface area contributed by atoms with E-state index in [2.05, 4.69) is 39.6 Å². The summed E-state index contributed by atoms with van der Waals surface area (Å²) in [7, 11) is 0. The van der Waals surface area contributed by atoms with Gasteiger partial charge in [-0.1, -0.05) is 24.3 Å². The number of fused-ring (bicyclic) bond motifs is 1. The molecule has 0 spiro atoms. The Kier molecular flexibility index (Phi) is 5.31. The highest BCUT2D eigenvalue weighted by molar-refractivity contribution is 5.94. The molecule has 29 heavy (non-hydrogen) atoms. The molecule has 4 rings (SSSR count). The summed E-state index contributed by atoms with van der Waals surface area (Å²) in [6, 6.07) is 14.1. The Labute approximate surface area is 168 Å². The second-order valence-electron chi connectivity index (χ2n) is 7.57. The first kappa shape index (κ1) is 19.1. The number of likely N-dealkylation sites (tertiary alicyclic amines) is 1. The number of H-pyrrole nitrogens is 1. The van der Waals surface area contributed by atoms with E-state index in [-0.39, 0.29) is 17.6 Å². The van der Waals surface area contributed by atoms with Crippen LogP contribution >= 0.6 is 0 Å². The summed E-state index contributed by atoms with van der Waals surface area (Å²) in [5.74, 6) is 0.338. The summed E-state index contributed by atoms with van der Waals surface area (Å²) in [4.78, 5) is 28.6. The second kappa shape index (κ2) is 8.05. The van der Waals surface area contributed by atoms with Gasteiger partial charge in [0, 0.05) is 34.9 Å². The number of amides is 1. The van der Waals surface area contributed by atoms with Crippen LogP contribution < -0.4 is 5.32 Å². The average Bonchev–Trinajstić information content (AvgIpc) is 3.17. The van der Waals surface area contributed by atoms with Gasteiger partial charge in [0.05, 0.1) is 11.0 Å². The second-order valence-corrected chi connectivity index (χ2v) is 7.57. The maximum absolute atomic E-state index is 12.7. The molecule has 1 amide bonds. The van der Waals surface area contributed by atoms with Crippen molar-refractivity contribution in [3.63, 3.8) is 0 Å². The van der Waals surface area contributed by atoms with Crippen LogP contribution in [0, 0.1) is 10.1 Å². The zero-order valence-corrected chi connectivity index (χ0v) is 16.3. The lowest BCUT2D eigenvalue weighted by molar-refractivity contribution is -0.384. The van der Waals surface area contributed by atoms with Gasteiger partial charge in [-0.05, 0) is 56.5 Å². The number of hydrogen-bond acceptors (Lipinski definition) is 4. The fourth-order valence-electron chi connectivity index (χ4n) is 4.14. The molecule has 0 bridgehead atoms. The molecule has 2 N–H and O–H groups in total. The molecule has 2 aromatic carbocycles. The molecule has 150 valence electrons. The molecular formula is C22H24N4O3. The van der Waals surface area contributed by atoms with Crippen LogP contribution in [-0.2, 0) is 4.79 Å². The highest BCUT2D eigenvalue weighted by atomic mass is 16.6. The van der Waals surface area contributed by atoms with E-state index in [1.165, 1.54) is 23.1 Å². The Morgan fingerprint density at radius 2 is 1.97 bits per heavy atom. The van der Waals surface area contributed by atoms with Crippen molar-refractivity contribution in [2.75, 3.05) is 18.4 Å². The van der Waals surface area contributed by atoms with Crippen molar-refractivity contribution in [1.29, 1.82) is 0 Å². The van der Waals surface area contributed by atoms with Crippen molar-refractivity contribution in [2.24, 2.45) is 0 Å². The van der Waals surface area contributed by atoms with Gasteiger partial charge in [-0.25, -0.2) is 0 Å². The number of non-ortho nitro benzene ring substituents is 1. The van der Waals surface area contributed by atoms with E-state index in [4.69, 9.17) is 0 Å². The Hall–Kier alpha value is -3.19. The number of nitrogens with one attached hydrogen (secondary N) is 2. The van der Waals surface area contributed by atoms with Crippen LogP contribution in [0.15, 0.2) is 54.7 Å². The van der Waals surface area contributed by atoms with Gasteiger partial charge in [-0.2, -0.15) is 0 Å². The largest absolute Gasteiger partial charge is 0.361 e. The highest BCUT2D eigenvalue weighted by Crippen LogP contribution is 2.33. The Morgan fingerprint density at radius 3 is 2.72 bits per heavy atom. The molecule has 1 aliphatic heterocycles. The van der Waals surface area contributed by atoms with E-state index in [1.807, 2.05) is 13.0 Å². The number of aromatic nitrogens is 1. The normalized spacial score (nSPS) is 16.6. The number of benzene rings is 2. The van der Waals surface area contributed by atoms with Gasteiger partial charge >= 0.3 is 0 Å². The number of piperidine rings is 1. The summed E-state index contributed by atoms with van der Waals surface area (Å²) in [5.41, 5.74) is 2.93. The van der Waals surface area contributed by atoms with Crippen molar-refractivity contribution >= 4 is 28.2 Å². The van der Waals surface area contributed by atoms with E-state index in [0.717, 1.165) is 31.4 Å². The Bertz CT molecular complexity index is 1040. The first-order chi connectivity index (χ1) is 14.0. The highest BCUT2D eigenvalue weighted by Gasteiger charge is 2.28. The number of para-hydroxylation sites is 1. The number of hydrogen-bond donors (Lipinski definition) is 2. The lowest BCUT2D eigenvalue weighted by Crippen LogP contribution is -2.45. The third-order valence-electron chi connectivity index (χ3n) is 5.84. The van der Waals surface area contributed by atoms with E-state index < -0.39 is 4.92 Å². The molecule has 0 radical (unpaired) electrons. The zero-order chi connectivity index (χ0) is 20.4. The van der Waals surface area contributed by atoms with Crippen LogP contribution in [0.2, 0.25) is 0 Å². The minimum absolute atomic E-state index is 0.0324. The van der Waals surface area contributed by atoms with Gasteiger partial charge in [0.25, 0.3) is 5.69 Å². The van der Waals surface area contributed by atoms with Gasteiger partial charge < -0.3 is 10.3 Å². The van der Waals surface area contributed by atoms with Crippen LogP contribution in [0.3, 0.4) is 0 Å². The quantitative estimate of drug-likeness (QED) is 0.501. The van der Waals surface area contributed by atoms with Crippen LogP contribution in [0.25, 0.3) is 10.9 Å². The number of anilines is 1. The van der Waals surface area contributed by atoms with Gasteiger partial charge in [0.15, 0.2) is 0 Å². The first-order valence-electron chi connectivity index (χ1n) is 9.88. The molecule has 7 heteroatoms. The van der Waals surface area contributed by atoms with Crippen molar-refractivity contribution in [3.05, 3.63) is 70.4 Å². The number of nitro groups is 1. The summed E-state index contributed by atoms with van der Waals surface area (Å²) >= 11 is 0. The number of carbonyl (C=O) groups excluding carboxylic acids is 1. The molecule has 2 heterocycles. The lowest BCUT2D eigenvalue weighted by atomic mass is 9.88. The molecule has 0 unspecified atom stereocenters. The van der Waals surface area contributed by atoms with Gasteiger partial charge in [0.1, 0.15) is 0 Å². The lowest BCUT2D eigenvalue weighted by Gasteiger charge is -2.35. The summed E-state index contributed by atoms with van der Waals surface area (Å²) in [6.45, 7) is 3.57. The maximum Gasteiger partial charge on any atom is 0.271 e.